The van der Waals surface area contributed by atoms with Gasteiger partial charge in [0.1, 0.15) is 0 Å². The number of carbonyl (C=O) groups excluding carboxylic acids is 1. The van der Waals surface area contributed by atoms with E-state index in [9.17, 15) is 4.79 Å². The fourth-order valence-electron chi connectivity index (χ4n) is 2.92. The van der Waals surface area contributed by atoms with E-state index in [4.69, 9.17) is 21.1 Å². The van der Waals surface area contributed by atoms with E-state index in [1.165, 1.54) is 4.70 Å². The number of anilines is 1. The van der Waals surface area contributed by atoms with Crippen molar-refractivity contribution in [3.8, 4) is 11.5 Å². The highest BCUT2D eigenvalue weighted by Crippen LogP contribution is 2.37. The first kappa shape index (κ1) is 18.1. The number of thiazole rings is 1. The summed E-state index contributed by atoms with van der Waals surface area (Å²) in [4.78, 5) is 16.9. The summed E-state index contributed by atoms with van der Waals surface area (Å²) in [6.07, 6.45) is 2.73. The minimum Gasteiger partial charge on any atom is -0.490 e. The lowest BCUT2D eigenvalue weighted by atomic mass is 10.2. The number of amides is 1. The number of ether oxygens (including phenoxy) is 2. The Morgan fingerprint density at radius 1 is 1.19 bits per heavy atom. The lowest BCUT2D eigenvalue weighted by Crippen LogP contribution is -2.12. The molecule has 0 bridgehead atoms. The number of carbonyl (C=O) groups is 1. The van der Waals surface area contributed by atoms with E-state index in [0.717, 1.165) is 29.8 Å². The van der Waals surface area contributed by atoms with Crippen LogP contribution in [0.2, 0.25) is 5.02 Å². The molecule has 0 radical (unpaired) electrons. The van der Waals surface area contributed by atoms with E-state index in [1.54, 1.807) is 23.5 Å². The predicted octanol–water partition coefficient (Wildman–Crippen LogP) is 5.07. The third kappa shape index (κ3) is 4.34. The van der Waals surface area contributed by atoms with E-state index in [2.05, 4.69) is 16.4 Å². The van der Waals surface area contributed by atoms with Gasteiger partial charge in [-0.3, -0.25) is 4.79 Å². The van der Waals surface area contributed by atoms with Crippen LogP contribution in [-0.4, -0.2) is 24.1 Å². The number of fused-ring (bicyclic) bond motifs is 2. The molecule has 140 valence electrons. The number of halogens is 1. The van der Waals surface area contributed by atoms with Crippen molar-refractivity contribution >= 4 is 44.7 Å². The highest BCUT2D eigenvalue weighted by Gasteiger charge is 2.15. The van der Waals surface area contributed by atoms with Crippen molar-refractivity contribution in [2.24, 2.45) is 0 Å². The van der Waals surface area contributed by atoms with Gasteiger partial charge in [0.2, 0.25) is 5.91 Å². The number of benzene rings is 2. The molecular weight excluding hydrogens is 384 g/mol. The van der Waals surface area contributed by atoms with E-state index in [1.807, 2.05) is 18.2 Å². The molecule has 1 amide bonds. The van der Waals surface area contributed by atoms with E-state index in [-0.39, 0.29) is 5.91 Å². The first-order valence-corrected chi connectivity index (χ1v) is 10.1. The number of rotatable bonds is 5. The number of nitrogens with zero attached hydrogens (tertiary/aromatic N) is 1. The zero-order valence-corrected chi connectivity index (χ0v) is 16.2. The molecule has 5 nitrogen and oxygen atoms in total. The largest absolute Gasteiger partial charge is 0.490 e. The Morgan fingerprint density at radius 3 is 2.78 bits per heavy atom. The van der Waals surface area contributed by atoms with Crippen LogP contribution in [0.25, 0.3) is 10.2 Å². The molecule has 0 saturated heterocycles. The quantitative estimate of drug-likeness (QED) is 0.647. The molecule has 1 aromatic heterocycles. The van der Waals surface area contributed by atoms with Gasteiger partial charge in [-0.25, -0.2) is 4.98 Å². The van der Waals surface area contributed by atoms with Crippen LogP contribution >= 0.6 is 22.9 Å². The van der Waals surface area contributed by atoms with Crippen LogP contribution in [0.15, 0.2) is 36.4 Å². The Kier molecular flexibility index (Phi) is 5.45. The normalized spacial score (nSPS) is 13.4. The highest BCUT2D eigenvalue weighted by atomic mass is 35.5. The molecule has 2 heterocycles. The van der Waals surface area contributed by atoms with Crippen LogP contribution in [0, 0.1) is 0 Å². The fraction of sp³-hybridized carbons (Fsp3) is 0.300. The standard InChI is InChI=1S/C20H19ClN2O3S/c21-13-11-16-17(26-10-4-9-25-16)12-15(13)22-19(24)7-3-8-20-23-14-5-1-2-6-18(14)27-20/h1-2,5-6,11-12H,3-4,7-10H2,(H,22,24). The van der Waals surface area contributed by atoms with Crippen molar-refractivity contribution in [1.82, 2.24) is 4.98 Å². The zero-order chi connectivity index (χ0) is 18.6. The molecule has 0 atom stereocenters. The van der Waals surface area contributed by atoms with Crippen molar-refractivity contribution < 1.29 is 14.3 Å². The predicted molar refractivity (Wildman–Crippen MR) is 108 cm³/mol. The van der Waals surface area contributed by atoms with Crippen LogP contribution in [0.5, 0.6) is 11.5 Å². The Labute approximate surface area is 166 Å². The minimum absolute atomic E-state index is 0.0764. The van der Waals surface area contributed by atoms with Gasteiger partial charge in [0.05, 0.1) is 39.1 Å². The molecule has 7 heteroatoms. The minimum atomic E-state index is -0.0764. The molecule has 3 aromatic rings. The summed E-state index contributed by atoms with van der Waals surface area (Å²) in [6.45, 7) is 1.19. The number of aryl methyl sites for hydroxylation is 1. The topological polar surface area (TPSA) is 60.5 Å². The van der Waals surface area contributed by atoms with Gasteiger partial charge in [0.15, 0.2) is 11.5 Å². The van der Waals surface area contributed by atoms with E-state index in [0.29, 0.717) is 41.8 Å². The van der Waals surface area contributed by atoms with E-state index < -0.39 is 0 Å². The molecule has 0 fully saturated rings. The van der Waals surface area contributed by atoms with Gasteiger partial charge in [-0.05, 0) is 25.0 Å². The maximum atomic E-state index is 12.3. The average molecular weight is 403 g/mol. The molecule has 0 spiro atoms. The third-order valence-corrected chi connectivity index (χ3v) is 5.65. The molecule has 1 aliphatic rings. The second-order valence-electron chi connectivity index (χ2n) is 6.31. The summed E-state index contributed by atoms with van der Waals surface area (Å²) in [7, 11) is 0. The number of para-hydroxylation sites is 1. The molecule has 1 aliphatic heterocycles. The summed E-state index contributed by atoms with van der Waals surface area (Å²) >= 11 is 7.95. The second-order valence-corrected chi connectivity index (χ2v) is 7.83. The monoisotopic (exact) mass is 402 g/mol. The smallest absolute Gasteiger partial charge is 0.224 e. The molecule has 1 N–H and O–H groups in total. The molecule has 2 aromatic carbocycles. The van der Waals surface area contributed by atoms with Gasteiger partial charge in [0.25, 0.3) is 0 Å². The Morgan fingerprint density at radius 2 is 1.96 bits per heavy atom. The fourth-order valence-corrected chi connectivity index (χ4v) is 4.13. The first-order chi connectivity index (χ1) is 13.2. The summed E-state index contributed by atoms with van der Waals surface area (Å²) in [5, 5.41) is 4.37. The Hall–Kier alpha value is -2.31. The van der Waals surface area contributed by atoms with Crippen LogP contribution in [0.4, 0.5) is 5.69 Å². The molecule has 0 saturated carbocycles. The highest BCUT2D eigenvalue weighted by molar-refractivity contribution is 7.18. The summed E-state index contributed by atoms with van der Waals surface area (Å²) < 4.78 is 12.4. The van der Waals surface area contributed by atoms with Gasteiger partial charge in [-0.1, -0.05) is 23.7 Å². The summed E-state index contributed by atoms with van der Waals surface area (Å²) in [5.41, 5.74) is 1.56. The second kappa shape index (κ2) is 8.15. The van der Waals surface area contributed by atoms with Crippen molar-refractivity contribution in [2.45, 2.75) is 25.7 Å². The Balaban J connectivity index is 1.34. The Bertz CT molecular complexity index is 940. The summed E-state index contributed by atoms with van der Waals surface area (Å²) in [5.74, 6) is 1.15. The van der Waals surface area contributed by atoms with Gasteiger partial charge < -0.3 is 14.8 Å². The van der Waals surface area contributed by atoms with Gasteiger partial charge in [0, 0.05) is 25.0 Å². The van der Waals surface area contributed by atoms with Gasteiger partial charge in [-0.15, -0.1) is 11.3 Å². The number of hydrogen-bond donors (Lipinski definition) is 1. The first-order valence-electron chi connectivity index (χ1n) is 8.92. The lowest BCUT2D eigenvalue weighted by molar-refractivity contribution is -0.116. The van der Waals surface area contributed by atoms with Crippen molar-refractivity contribution in [2.75, 3.05) is 18.5 Å². The van der Waals surface area contributed by atoms with Crippen LogP contribution in [0.1, 0.15) is 24.3 Å². The summed E-state index contributed by atoms with van der Waals surface area (Å²) in [6, 6.07) is 11.5. The van der Waals surface area contributed by atoms with Crippen LogP contribution < -0.4 is 14.8 Å². The number of hydrogen-bond acceptors (Lipinski definition) is 5. The van der Waals surface area contributed by atoms with Crippen molar-refractivity contribution in [3.05, 3.63) is 46.4 Å². The zero-order valence-electron chi connectivity index (χ0n) is 14.7. The molecule has 27 heavy (non-hydrogen) atoms. The van der Waals surface area contributed by atoms with E-state index >= 15 is 0 Å². The maximum Gasteiger partial charge on any atom is 0.224 e. The van der Waals surface area contributed by atoms with Crippen molar-refractivity contribution in [3.63, 3.8) is 0 Å². The van der Waals surface area contributed by atoms with Crippen LogP contribution in [-0.2, 0) is 11.2 Å². The number of aromatic nitrogens is 1. The SMILES string of the molecule is O=C(CCCc1nc2ccccc2s1)Nc1cc2c(cc1Cl)OCCCO2. The number of nitrogens with one attached hydrogen (secondary N) is 1. The molecule has 0 aliphatic carbocycles. The molecular formula is C20H19ClN2O3S. The van der Waals surface area contributed by atoms with Crippen LogP contribution in [0.3, 0.4) is 0 Å². The van der Waals surface area contributed by atoms with Gasteiger partial charge >= 0.3 is 0 Å². The van der Waals surface area contributed by atoms with Gasteiger partial charge in [-0.2, -0.15) is 0 Å². The molecule has 4 rings (SSSR count). The third-order valence-electron chi connectivity index (χ3n) is 4.24. The maximum absolute atomic E-state index is 12.3. The average Bonchev–Trinajstić information content (AvgIpc) is 2.93. The van der Waals surface area contributed by atoms with Crippen molar-refractivity contribution in [1.29, 1.82) is 0 Å². The molecule has 0 unspecified atom stereocenters. The lowest BCUT2D eigenvalue weighted by Gasteiger charge is -2.12.